The molecule has 3 rings (SSSR count). The van der Waals surface area contributed by atoms with E-state index in [1.165, 1.54) is 21.8 Å². The van der Waals surface area contributed by atoms with E-state index >= 15 is 0 Å². The van der Waals surface area contributed by atoms with E-state index in [2.05, 4.69) is 35.0 Å². The van der Waals surface area contributed by atoms with E-state index in [0.717, 1.165) is 10.6 Å². The average molecular weight is 314 g/mol. The minimum absolute atomic E-state index is 0.378. The second-order valence-electron chi connectivity index (χ2n) is 4.54. The van der Waals surface area contributed by atoms with Crippen molar-refractivity contribution < 1.29 is 4.79 Å². The van der Waals surface area contributed by atoms with Gasteiger partial charge >= 0.3 is 0 Å². The van der Waals surface area contributed by atoms with Crippen molar-refractivity contribution in [2.45, 2.75) is 6.54 Å². The second kappa shape index (κ2) is 6.11. The van der Waals surface area contributed by atoms with Crippen LogP contribution in [-0.4, -0.2) is 5.91 Å². The fourth-order valence-electron chi connectivity index (χ4n) is 2.07. The number of nitrogens with two attached hydrogens (primary N) is 1. The van der Waals surface area contributed by atoms with Crippen LogP contribution in [0.4, 0.5) is 5.69 Å². The highest BCUT2D eigenvalue weighted by atomic mass is 32.1. The summed E-state index contributed by atoms with van der Waals surface area (Å²) in [5.74, 6) is -0.378. The molecule has 2 aromatic heterocycles. The average Bonchev–Trinajstić information content (AvgIpc) is 3.17. The van der Waals surface area contributed by atoms with Gasteiger partial charge in [0.25, 0.3) is 0 Å². The smallest absolute Gasteiger partial charge is 0.249 e. The third kappa shape index (κ3) is 3.15. The van der Waals surface area contributed by atoms with Crippen molar-refractivity contribution in [3.8, 4) is 10.4 Å². The molecule has 1 aromatic carbocycles. The van der Waals surface area contributed by atoms with Crippen LogP contribution in [0, 0.1) is 0 Å². The fourth-order valence-corrected chi connectivity index (χ4v) is 3.65. The molecular formula is C16H14N2OS2. The molecule has 0 aliphatic heterocycles. The maximum Gasteiger partial charge on any atom is 0.249 e. The molecule has 0 unspecified atom stereocenters. The predicted molar refractivity (Wildman–Crippen MR) is 89.9 cm³/mol. The standard InChI is InChI=1S/C16H14N2OS2/c17-16(19)11-8-12(21-10-11)9-18-14-5-2-1-4-13(14)15-6-3-7-20-15/h1-8,10,18H,9H2,(H2,17,19). The minimum Gasteiger partial charge on any atom is -0.380 e. The number of carbonyl (C=O) groups is 1. The van der Waals surface area contributed by atoms with Gasteiger partial charge in [0.2, 0.25) is 5.91 Å². The number of primary amides is 1. The molecule has 21 heavy (non-hydrogen) atoms. The molecule has 1 amide bonds. The van der Waals surface area contributed by atoms with Crippen LogP contribution in [0.3, 0.4) is 0 Å². The predicted octanol–water partition coefficient (Wildman–Crippen LogP) is 4.19. The Morgan fingerprint density at radius 2 is 2.00 bits per heavy atom. The summed E-state index contributed by atoms with van der Waals surface area (Å²) in [5, 5.41) is 7.31. The van der Waals surface area contributed by atoms with Gasteiger partial charge in [0.15, 0.2) is 0 Å². The lowest BCUT2D eigenvalue weighted by Gasteiger charge is -2.10. The van der Waals surface area contributed by atoms with Crippen molar-refractivity contribution in [3.05, 3.63) is 63.7 Å². The highest BCUT2D eigenvalue weighted by Gasteiger charge is 2.07. The Bertz CT molecular complexity index is 747. The lowest BCUT2D eigenvalue weighted by Crippen LogP contribution is -2.09. The first-order chi connectivity index (χ1) is 10.2. The van der Waals surface area contributed by atoms with Crippen LogP contribution in [0.2, 0.25) is 0 Å². The summed E-state index contributed by atoms with van der Waals surface area (Å²) in [6.07, 6.45) is 0. The van der Waals surface area contributed by atoms with Gasteiger partial charge in [-0.05, 0) is 23.6 Å². The maximum atomic E-state index is 11.1. The molecule has 0 atom stereocenters. The third-order valence-corrected chi connectivity index (χ3v) is 4.94. The first kappa shape index (κ1) is 13.9. The Morgan fingerprint density at radius 3 is 2.71 bits per heavy atom. The summed E-state index contributed by atoms with van der Waals surface area (Å²) >= 11 is 3.26. The number of hydrogen-bond donors (Lipinski definition) is 2. The summed E-state index contributed by atoms with van der Waals surface area (Å²) in [5.41, 5.74) is 8.13. The number of para-hydroxylation sites is 1. The molecule has 5 heteroatoms. The number of nitrogens with one attached hydrogen (secondary N) is 1. The largest absolute Gasteiger partial charge is 0.380 e. The Morgan fingerprint density at radius 1 is 1.14 bits per heavy atom. The Hall–Kier alpha value is -2.11. The molecule has 106 valence electrons. The highest BCUT2D eigenvalue weighted by Crippen LogP contribution is 2.31. The molecule has 0 radical (unpaired) electrons. The fraction of sp³-hybridized carbons (Fsp3) is 0.0625. The summed E-state index contributed by atoms with van der Waals surface area (Å²) < 4.78 is 0. The van der Waals surface area contributed by atoms with Crippen molar-refractivity contribution in [3.63, 3.8) is 0 Å². The summed E-state index contributed by atoms with van der Waals surface area (Å²) in [6, 6.07) is 14.2. The normalized spacial score (nSPS) is 10.5. The third-order valence-electron chi connectivity index (χ3n) is 3.11. The van der Waals surface area contributed by atoms with Gasteiger partial charge in [0.1, 0.15) is 0 Å². The van der Waals surface area contributed by atoms with Crippen LogP contribution >= 0.6 is 22.7 Å². The maximum absolute atomic E-state index is 11.1. The number of benzene rings is 1. The number of carbonyl (C=O) groups excluding carboxylic acids is 1. The lowest BCUT2D eigenvalue weighted by atomic mass is 10.1. The zero-order valence-corrected chi connectivity index (χ0v) is 12.8. The minimum atomic E-state index is -0.378. The summed E-state index contributed by atoms with van der Waals surface area (Å²) in [4.78, 5) is 13.4. The van der Waals surface area contributed by atoms with Crippen LogP contribution < -0.4 is 11.1 Å². The van der Waals surface area contributed by atoms with Crippen LogP contribution in [0.25, 0.3) is 10.4 Å². The quantitative estimate of drug-likeness (QED) is 0.742. The monoisotopic (exact) mass is 314 g/mol. The second-order valence-corrected chi connectivity index (χ2v) is 6.49. The zero-order valence-electron chi connectivity index (χ0n) is 11.2. The first-order valence-electron chi connectivity index (χ1n) is 6.48. The van der Waals surface area contributed by atoms with Gasteiger partial charge in [0, 0.05) is 32.9 Å². The highest BCUT2D eigenvalue weighted by molar-refractivity contribution is 7.13. The molecule has 3 N–H and O–H groups in total. The van der Waals surface area contributed by atoms with Gasteiger partial charge in [-0.1, -0.05) is 24.3 Å². The van der Waals surface area contributed by atoms with Gasteiger partial charge < -0.3 is 11.1 Å². The molecule has 3 nitrogen and oxygen atoms in total. The molecule has 0 fully saturated rings. The number of hydrogen-bond acceptors (Lipinski definition) is 4. The SMILES string of the molecule is NC(=O)c1csc(CNc2ccccc2-c2cccs2)c1. The molecule has 0 spiro atoms. The number of amides is 1. The van der Waals surface area contributed by atoms with Crippen LogP contribution in [0.15, 0.2) is 53.2 Å². The topological polar surface area (TPSA) is 55.1 Å². The lowest BCUT2D eigenvalue weighted by molar-refractivity contribution is 0.100. The van der Waals surface area contributed by atoms with Crippen molar-refractivity contribution >= 4 is 34.3 Å². The molecule has 0 aliphatic carbocycles. The molecule has 0 saturated carbocycles. The van der Waals surface area contributed by atoms with Crippen molar-refractivity contribution in [2.24, 2.45) is 5.73 Å². The van der Waals surface area contributed by atoms with Crippen molar-refractivity contribution in [2.75, 3.05) is 5.32 Å². The molecule has 0 saturated heterocycles. The van der Waals surface area contributed by atoms with Crippen LogP contribution in [0.5, 0.6) is 0 Å². The molecule has 0 aliphatic rings. The zero-order chi connectivity index (χ0) is 14.7. The number of anilines is 1. The van der Waals surface area contributed by atoms with Gasteiger partial charge in [0.05, 0.1) is 5.56 Å². The molecule has 0 bridgehead atoms. The Balaban J connectivity index is 1.77. The molecular weight excluding hydrogens is 300 g/mol. The number of thiophene rings is 2. The number of rotatable bonds is 5. The first-order valence-corrected chi connectivity index (χ1v) is 8.24. The molecule has 3 aromatic rings. The van der Waals surface area contributed by atoms with Gasteiger partial charge in [-0.3, -0.25) is 4.79 Å². The van der Waals surface area contributed by atoms with Gasteiger partial charge in [-0.25, -0.2) is 0 Å². The van der Waals surface area contributed by atoms with Crippen molar-refractivity contribution in [1.82, 2.24) is 0 Å². The van der Waals surface area contributed by atoms with Crippen molar-refractivity contribution in [1.29, 1.82) is 0 Å². The van der Waals surface area contributed by atoms with Gasteiger partial charge in [-0.2, -0.15) is 0 Å². The van der Waals surface area contributed by atoms with E-state index in [1.807, 2.05) is 18.2 Å². The van der Waals surface area contributed by atoms with E-state index in [1.54, 1.807) is 16.7 Å². The van der Waals surface area contributed by atoms with E-state index in [9.17, 15) is 4.79 Å². The van der Waals surface area contributed by atoms with Crippen LogP contribution in [0.1, 0.15) is 15.2 Å². The van der Waals surface area contributed by atoms with E-state index < -0.39 is 0 Å². The Labute approximate surface area is 131 Å². The van der Waals surface area contributed by atoms with Crippen LogP contribution in [-0.2, 0) is 6.54 Å². The summed E-state index contributed by atoms with van der Waals surface area (Å²) in [6.45, 7) is 0.681. The van der Waals surface area contributed by atoms with E-state index in [0.29, 0.717) is 12.1 Å². The Kier molecular flexibility index (Phi) is 4.03. The molecule has 2 heterocycles. The summed E-state index contributed by atoms with van der Waals surface area (Å²) in [7, 11) is 0. The van der Waals surface area contributed by atoms with E-state index in [-0.39, 0.29) is 5.91 Å². The van der Waals surface area contributed by atoms with E-state index in [4.69, 9.17) is 5.73 Å². The van der Waals surface area contributed by atoms with Gasteiger partial charge in [-0.15, -0.1) is 22.7 Å².